The van der Waals surface area contributed by atoms with Gasteiger partial charge in [0, 0.05) is 6.20 Å². The lowest BCUT2D eigenvalue weighted by Gasteiger charge is -2.21. The number of ether oxygens (including phenoxy) is 2. The fourth-order valence-corrected chi connectivity index (χ4v) is 5.56. The number of aliphatic hydroxyl groups excluding tert-OH is 1. The van der Waals surface area contributed by atoms with Gasteiger partial charge in [-0.3, -0.25) is 27.7 Å². The third kappa shape index (κ3) is 9.34. The lowest BCUT2D eigenvalue weighted by Crippen LogP contribution is -2.33. The molecule has 16 heteroatoms. The van der Waals surface area contributed by atoms with E-state index in [9.17, 15) is 28.4 Å². The molecule has 0 unspecified atom stereocenters. The smallest absolute Gasteiger partial charge is 0.463 e. The number of carbonyl (C=O) groups excluding carboxylic acids is 2. The van der Waals surface area contributed by atoms with Gasteiger partial charge in [-0.2, -0.15) is 4.98 Å². The second-order valence-corrected chi connectivity index (χ2v) is 11.6. The number of hydrogen-bond donors (Lipinski definition) is 2. The number of aliphatic hydroxyl groups is 1. The lowest BCUT2D eigenvalue weighted by atomic mass is 10.1. The highest BCUT2D eigenvalue weighted by molar-refractivity contribution is 8.00. The normalized spacial score (nSPS) is 21.9. The molecule has 0 amide bonds. The zero-order valence-electron chi connectivity index (χ0n) is 21.0. The van der Waals surface area contributed by atoms with Crippen molar-refractivity contribution in [3.8, 4) is 0 Å². The van der Waals surface area contributed by atoms with Crippen LogP contribution in [0.1, 0.15) is 33.1 Å². The van der Waals surface area contributed by atoms with Gasteiger partial charge >= 0.3 is 25.5 Å². The number of anilines is 1. The fourth-order valence-electron chi connectivity index (χ4n) is 2.88. The number of aromatic nitrogens is 2. The van der Waals surface area contributed by atoms with Crippen LogP contribution in [0.3, 0.4) is 0 Å². The quantitative estimate of drug-likeness (QED) is 0.188. The zero-order valence-corrected chi connectivity index (χ0v) is 22.7. The van der Waals surface area contributed by atoms with Crippen LogP contribution in [0.2, 0.25) is 0 Å². The van der Waals surface area contributed by atoms with Gasteiger partial charge in [-0.15, -0.1) is 11.8 Å². The molecule has 0 aromatic carbocycles. The number of esters is 2. The minimum atomic E-state index is -4.32. The summed E-state index contributed by atoms with van der Waals surface area (Å²) in [6.45, 7) is 4.93. The third-order valence-electron chi connectivity index (χ3n) is 4.91. The second kappa shape index (κ2) is 14.2. The van der Waals surface area contributed by atoms with E-state index in [-0.39, 0.29) is 44.1 Å². The van der Waals surface area contributed by atoms with E-state index in [0.29, 0.717) is 0 Å². The third-order valence-corrected chi connectivity index (χ3v) is 7.91. The highest BCUT2D eigenvalue weighted by atomic mass is 32.2. The number of nitrogen functional groups attached to an aromatic ring is 1. The number of hydrogen-bond acceptors (Lipinski definition) is 13. The summed E-state index contributed by atoms with van der Waals surface area (Å²) in [4.78, 5) is 38.8. The van der Waals surface area contributed by atoms with E-state index < -0.39 is 55.0 Å². The van der Waals surface area contributed by atoms with Crippen molar-refractivity contribution in [2.45, 2.75) is 50.6 Å². The van der Waals surface area contributed by atoms with Crippen LogP contribution in [-0.2, 0) is 37.2 Å². The van der Waals surface area contributed by atoms with Gasteiger partial charge in [-0.05, 0) is 6.07 Å². The number of phosphoric ester groups is 1. The number of alkyl halides is 1. The maximum Gasteiger partial charge on any atom is 0.475 e. The van der Waals surface area contributed by atoms with Crippen LogP contribution in [0, 0.1) is 11.8 Å². The number of halogens is 1. The molecule has 13 nitrogen and oxygen atoms in total. The van der Waals surface area contributed by atoms with Crippen molar-refractivity contribution < 1.29 is 46.7 Å². The SMILES string of the molecule is CC(C)C(=O)OCCOP(=O)(OCCOC(=O)C(C)C)OC[C@H]1S[C@@H](n2ccc(N)nc2=O)[C@@H](F)[C@@H]1O. The Morgan fingerprint density at radius 3 is 2.14 bits per heavy atom. The Bertz CT molecular complexity index is 995. The van der Waals surface area contributed by atoms with Crippen molar-refractivity contribution in [3.05, 3.63) is 22.7 Å². The first-order chi connectivity index (χ1) is 17.3. The van der Waals surface area contributed by atoms with E-state index in [1.807, 2.05) is 0 Å². The molecule has 1 saturated heterocycles. The van der Waals surface area contributed by atoms with E-state index in [4.69, 9.17) is 28.8 Å². The summed E-state index contributed by atoms with van der Waals surface area (Å²) in [5.41, 5.74) is 4.67. The van der Waals surface area contributed by atoms with Crippen molar-refractivity contribution in [3.63, 3.8) is 0 Å². The van der Waals surface area contributed by atoms with Crippen LogP contribution in [-0.4, -0.2) is 77.2 Å². The molecule has 3 N–H and O–H groups in total. The molecule has 210 valence electrons. The van der Waals surface area contributed by atoms with E-state index in [2.05, 4.69) is 4.98 Å². The fraction of sp³-hybridized carbons (Fsp3) is 0.714. The number of phosphoric acid groups is 1. The monoisotopic (exact) mass is 569 g/mol. The van der Waals surface area contributed by atoms with Gasteiger partial charge in [0.05, 0.1) is 36.9 Å². The molecule has 2 rings (SSSR count). The van der Waals surface area contributed by atoms with Crippen molar-refractivity contribution in [2.24, 2.45) is 11.8 Å². The summed E-state index contributed by atoms with van der Waals surface area (Å²) >= 11 is 0.873. The van der Waals surface area contributed by atoms with Crippen LogP contribution in [0.15, 0.2) is 17.1 Å². The Hall–Kier alpha value is -2.03. The van der Waals surface area contributed by atoms with Crippen LogP contribution in [0.4, 0.5) is 10.2 Å². The summed E-state index contributed by atoms with van der Waals surface area (Å²) in [5, 5.41) is 8.28. The average molecular weight is 570 g/mol. The molecule has 37 heavy (non-hydrogen) atoms. The van der Waals surface area contributed by atoms with Crippen molar-refractivity contribution in [2.75, 3.05) is 38.8 Å². The predicted molar refractivity (Wildman–Crippen MR) is 131 cm³/mol. The minimum absolute atomic E-state index is 0.0338. The molecule has 0 aliphatic carbocycles. The Balaban J connectivity index is 2.01. The van der Waals surface area contributed by atoms with Crippen molar-refractivity contribution >= 4 is 37.3 Å². The minimum Gasteiger partial charge on any atom is -0.463 e. The topological polar surface area (TPSA) is 178 Å². The summed E-state index contributed by atoms with van der Waals surface area (Å²) in [5.74, 6) is -1.76. The van der Waals surface area contributed by atoms with Gasteiger partial charge in [0.1, 0.15) is 30.5 Å². The maximum absolute atomic E-state index is 14.8. The largest absolute Gasteiger partial charge is 0.475 e. The summed E-state index contributed by atoms with van der Waals surface area (Å²) in [7, 11) is -4.32. The van der Waals surface area contributed by atoms with E-state index >= 15 is 0 Å². The summed E-state index contributed by atoms with van der Waals surface area (Å²) in [6.07, 6.45) is -2.18. The average Bonchev–Trinajstić information content (AvgIpc) is 3.11. The second-order valence-electron chi connectivity index (χ2n) is 8.60. The number of nitrogens with zero attached hydrogens (tertiary/aromatic N) is 2. The summed E-state index contributed by atoms with van der Waals surface area (Å²) in [6, 6.07) is 1.32. The molecule has 1 fully saturated rings. The standard InChI is InChI=1S/C21H33FN3O10PS/c1-12(2)19(27)31-7-9-33-36(30,34-10-8-32-20(28)13(3)4)35-11-14-17(26)16(22)18(37-14)25-6-5-15(23)24-21(25)29/h5-6,12-14,16-18,26H,7-11H2,1-4H3,(H2,23,24,29)/t14-,16+,17-,18-/m1/s1. The number of nitrogens with two attached hydrogens (primary N) is 1. The Kier molecular flexibility index (Phi) is 12.0. The van der Waals surface area contributed by atoms with Crippen LogP contribution < -0.4 is 11.4 Å². The molecule has 1 aromatic heterocycles. The van der Waals surface area contributed by atoms with Gasteiger partial charge in [0.15, 0.2) is 6.17 Å². The summed E-state index contributed by atoms with van der Waals surface area (Å²) < 4.78 is 54.7. The van der Waals surface area contributed by atoms with Gasteiger partial charge in [0.2, 0.25) is 0 Å². The molecule has 1 aliphatic heterocycles. The highest BCUT2D eigenvalue weighted by Gasteiger charge is 2.46. The van der Waals surface area contributed by atoms with Crippen LogP contribution in [0.5, 0.6) is 0 Å². The Morgan fingerprint density at radius 2 is 1.65 bits per heavy atom. The first kappa shape index (κ1) is 31.2. The molecule has 0 spiro atoms. The zero-order chi connectivity index (χ0) is 27.8. The number of carbonyl (C=O) groups is 2. The molecule has 0 bridgehead atoms. The maximum atomic E-state index is 14.8. The first-order valence-electron chi connectivity index (χ1n) is 11.5. The van der Waals surface area contributed by atoms with Gasteiger partial charge < -0.3 is 20.3 Å². The number of rotatable bonds is 14. The molecule has 2 heterocycles. The van der Waals surface area contributed by atoms with Gasteiger partial charge in [-0.1, -0.05) is 27.7 Å². The van der Waals surface area contributed by atoms with Crippen molar-refractivity contribution in [1.29, 1.82) is 0 Å². The van der Waals surface area contributed by atoms with Gasteiger partial charge in [0.25, 0.3) is 0 Å². The molecular formula is C21H33FN3O10PS. The van der Waals surface area contributed by atoms with Crippen LogP contribution >= 0.6 is 19.6 Å². The Morgan fingerprint density at radius 1 is 1.11 bits per heavy atom. The van der Waals surface area contributed by atoms with E-state index in [0.717, 1.165) is 16.3 Å². The molecule has 0 saturated carbocycles. The predicted octanol–water partition coefficient (Wildman–Crippen LogP) is 1.69. The Labute approximate surface area is 217 Å². The van der Waals surface area contributed by atoms with Crippen molar-refractivity contribution in [1.82, 2.24) is 9.55 Å². The molecule has 1 aliphatic rings. The first-order valence-corrected chi connectivity index (χ1v) is 13.9. The molecule has 1 aromatic rings. The molecule has 4 atom stereocenters. The van der Waals surface area contributed by atoms with Gasteiger partial charge in [-0.25, -0.2) is 13.8 Å². The number of thioether (sulfide) groups is 1. The van der Waals surface area contributed by atoms with E-state index in [1.54, 1.807) is 27.7 Å². The molecule has 0 radical (unpaired) electrons. The van der Waals surface area contributed by atoms with Crippen LogP contribution in [0.25, 0.3) is 0 Å². The highest BCUT2D eigenvalue weighted by Crippen LogP contribution is 2.51. The molecular weight excluding hydrogens is 536 g/mol. The van der Waals surface area contributed by atoms with E-state index in [1.165, 1.54) is 12.3 Å². The lowest BCUT2D eigenvalue weighted by molar-refractivity contribution is -0.148.